The van der Waals surface area contributed by atoms with Crippen molar-refractivity contribution in [3.63, 3.8) is 0 Å². The van der Waals surface area contributed by atoms with E-state index in [0.717, 1.165) is 12.1 Å². The van der Waals surface area contributed by atoms with E-state index in [2.05, 4.69) is 10.3 Å². The smallest absolute Gasteiger partial charge is 0.255 e. The summed E-state index contributed by atoms with van der Waals surface area (Å²) in [6.07, 6.45) is 3.21. The van der Waals surface area contributed by atoms with Crippen LogP contribution in [0.15, 0.2) is 65.8 Å². The van der Waals surface area contributed by atoms with Crippen molar-refractivity contribution in [3.05, 3.63) is 88.7 Å². The lowest BCUT2D eigenvalue weighted by molar-refractivity contribution is -0.144. The van der Waals surface area contributed by atoms with Crippen LogP contribution < -0.4 is 5.32 Å². The van der Waals surface area contributed by atoms with E-state index in [0.29, 0.717) is 18.4 Å². The van der Waals surface area contributed by atoms with Crippen molar-refractivity contribution in [2.75, 3.05) is 5.32 Å². The van der Waals surface area contributed by atoms with Crippen molar-refractivity contribution in [1.29, 1.82) is 0 Å². The van der Waals surface area contributed by atoms with Gasteiger partial charge in [-0.15, -0.1) is 0 Å². The average Bonchev–Trinajstić information content (AvgIpc) is 3.06. The lowest BCUT2D eigenvalue weighted by Gasteiger charge is -2.45. The minimum Gasteiger partial charge on any atom is -0.386 e. The van der Waals surface area contributed by atoms with Gasteiger partial charge in [-0.1, -0.05) is 17.7 Å². The van der Waals surface area contributed by atoms with Crippen LogP contribution in [0.1, 0.15) is 47.7 Å². The van der Waals surface area contributed by atoms with Crippen LogP contribution in [0.5, 0.6) is 0 Å². The molecule has 200 valence electrons. The molecule has 2 aliphatic rings. The molecule has 38 heavy (non-hydrogen) atoms. The molecule has 1 unspecified atom stereocenters. The Labute approximate surface area is 223 Å². The van der Waals surface area contributed by atoms with E-state index in [1.807, 2.05) is 0 Å². The molecule has 2 bridgehead atoms. The van der Waals surface area contributed by atoms with Crippen LogP contribution in [-0.4, -0.2) is 40.4 Å². The lowest BCUT2D eigenvalue weighted by Crippen LogP contribution is -2.52. The number of benzene rings is 2. The van der Waals surface area contributed by atoms with E-state index in [4.69, 9.17) is 11.6 Å². The fraction of sp³-hybridized carbons (Fsp3) is 0.333. The van der Waals surface area contributed by atoms with Crippen LogP contribution in [0, 0.1) is 23.5 Å². The van der Waals surface area contributed by atoms with Gasteiger partial charge in [0.2, 0.25) is 0 Å². The van der Waals surface area contributed by atoms with Crippen molar-refractivity contribution in [3.8, 4) is 0 Å². The number of sulfone groups is 1. The Bertz CT molecular complexity index is 1470. The molecular formula is C27H25ClF2N2O5S. The van der Waals surface area contributed by atoms with Gasteiger partial charge in [0.05, 0.1) is 15.2 Å². The Morgan fingerprint density at radius 3 is 2.42 bits per heavy atom. The molecule has 0 aliphatic heterocycles. The maximum atomic E-state index is 13.7. The van der Waals surface area contributed by atoms with Crippen LogP contribution in [0.4, 0.5) is 14.5 Å². The Morgan fingerprint density at radius 1 is 1.08 bits per heavy atom. The molecule has 2 fully saturated rings. The summed E-state index contributed by atoms with van der Waals surface area (Å²) in [5.74, 6) is -3.85. The number of aliphatic hydroxyl groups is 2. The second kappa shape index (κ2) is 10.00. The number of hydrogen-bond donors (Lipinski definition) is 3. The average molecular weight is 563 g/mol. The quantitative estimate of drug-likeness (QED) is 0.401. The van der Waals surface area contributed by atoms with E-state index in [9.17, 15) is 32.2 Å². The van der Waals surface area contributed by atoms with Gasteiger partial charge in [-0.05, 0) is 73.9 Å². The zero-order chi connectivity index (χ0) is 27.2. The highest BCUT2D eigenvalue weighted by molar-refractivity contribution is 7.92. The summed E-state index contributed by atoms with van der Waals surface area (Å²) < 4.78 is 54.2. The molecule has 7 nitrogen and oxygen atoms in total. The van der Waals surface area contributed by atoms with Crippen molar-refractivity contribution in [2.24, 2.45) is 11.8 Å². The van der Waals surface area contributed by atoms with Gasteiger partial charge in [-0.2, -0.15) is 0 Å². The molecule has 3 aromatic rings. The fourth-order valence-corrected chi connectivity index (χ4v) is 8.27. The second-order valence-corrected chi connectivity index (χ2v) is 12.5. The van der Waals surface area contributed by atoms with Crippen molar-refractivity contribution < 1.29 is 32.2 Å². The number of amides is 1. The maximum absolute atomic E-state index is 13.7. The summed E-state index contributed by atoms with van der Waals surface area (Å²) in [6.45, 7) is 0. The molecule has 0 saturated heterocycles. The number of halogens is 3. The third kappa shape index (κ3) is 4.59. The maximum Gasteiger partial charge on any atom is 0.255 e. The number of rotatable bonds is 6. The molecule has 2 aliphatic carbocycles. The highest BCUT2D eigenvalue weighted by atomic mass is 35.5. The van der Waals surface area contributed by atoms with Gasteiger partial charge in [-0.3, -0.25) is 9.78 Å². The summed E-state index contributed by atoms with van der Waals surface area (Å²) in [7, 11) is -4.03. The second-order valence-electron chi connectivity index (χ2n) is 9.91. The van der Waals surface area contributed by atoms with E-state index in [1.165, 1.54) is 30.5 Å². The van der Waals surface area contributed by atoms with Gasteiger partial charge in [-0.25, -0.2) is 17.2 Å². The largest absolute Gasteiger partial charge is 0.386 e. The highest BCUT2D eigenvalue weighted by Crippen LogP contribution is 2.56. The number of aromatic nitrogens is 1. The first-order chi connectivity index (χ1) is 18.0. The third-order valence-corrected chi connectivity index (χ3v) is 10.5. The molecule has 2 aromatic carbocycles. The fourth-order valence-electron chi connectivity index (χ4n) is 5.87. The summed E-state index contributed by atoms with van der Waals surface area (Å²) in [5, 5.41) is 24.1. The van der Waals surface area contributed by atoms with Gasteiger partial charge >= 0.3 is 0 Å². The number of hydrogen-bond acceptors (Lipinski definition) is 6. The first-order valence-electron chi connectivity index (χ1n) is 12.1. The minimum atomic E-state index is -4.03. The Balaban J connectivity index is 1.39. The van der Waals surface area contributed by atoms with Crippen molar-refractivity contribution in [2.45, 2.75) is 47.5 Å². The van der Waals surface area contributed by atoms with Crippen LogP contribution in [0.25, 0.3) is 0 Å². The SMILES string of the molecule is O=C(Nc1ccc(F)c(F)c1)c1ccc(Cl)c(S(=O)(=O)[C@@H]2CC3CC[C@@H](C2)[C@@]3(O)[C@@H](O)c2cccnc2)c1. The lowest BCUT2D eigenvalue weighted by atomic mass is 9.70. The Morgan fingerprint density at radius 2 is 1.79 bits per heavy atom. The molecule has 0 radical (unpaired) electrons. The molecule has 11 heteroatoms. The van der Waals surface area contributed by atoms with E-state index in [-0.39, 0.29) is 34.0 Å². The van der Waals surface area contributed by atoms with Crippen LogP contribution >= 0.6 is 11.6 Å². The van der Waals surface area contributed by atoms with E-state index >= 15 is 0 Å². The van der Waals surface area contributed by atoms with Crippen LogP contribution in [0.3, 0.4) is 0 Å². The number of aliphatic hydroxyl groups excluding tert-OH is 1. The molecule has 2 saturated carbocycles. The number of pyridine rings is 1. The van der Waals surface area contributed by atoms with Gasteiger partial charge in [0, 0.05) is 35.3 Å². The van der Waals surface area contributed by atoms with Crippen molar-refractivity contribution >= 4 is 33.0 Å². The zero-order valence-electron chi connectivity index (χ0n) is 20.0. The Kier molecular flexibility index (Phi) is 7.02. The number of anilines is 1. The number of nitrogens with zero attached hydrogens (tertiary/aromatic N) is 1. The Hall–Kier alpha value is -2.92. The van der Waals surface area contributed by atoms with Gasteiger partial charge in [0.1, 0.15) is 11.7 Å². The molecule has 5 atom stereocenters. The standard InChI is InChI=1S/C27H25ClF2N2O5S/c28-21-7-3-15(26(34)32-19-6-8-22(29)23(30)13-19)10-24(21)38(36,37)20-11-17-4-5-18(12-20)27(17,35)25(33)16-2-1-9-31-14-16/h1-3,6-10,13-14,17-18,20,25,33,35H,4-5,11-12H2,(H,32,34)/t17-,18?,20-,25-,27-/m0/s1. The number of nitrogens with one attached hydrogen (secondary N) is 1. The first-order valence-corrected chi connectivity index (χ1v) is 14.0. The molecule has 5 rings (SSSR count). The van der Waals surface area contributed by atoms with Gasteiger partial charge in [0.25, 0.3) is 5.91 Å². The summed E-state index contributed by atoms with van der Waals surface area (Å²) in [6, 6.07) is 10.0. The number of carbonyl (C=O) groups is 1. The third-order valence-electron chi connectivity index (χ3n) is 7.82. The summed E-state index contributed by atoms with van der Waals surface area (Å²) >= 11 is 6.28. The molecule has 0 spiro atoms. The monoisotopic (exact) mass is 562 g/mol. The number of carbonyl (C=O) groups excluding carboxylic acids is 1. The van der Waals surface area contributed by atoms with Crippen molar-refractivity contribution in [1.82, 2.24) is 4.98 Å². The number of fused-ring (bicyclic) bond motifs is 2. The summed E-state index contributed by atoms with van der Waals surface area (Å²) in [5.41, 5.74) is -1.04. The molecular weight excluding hydrogens is 538 g/mol. The van der Waals surface area contributed by atoms with Gasteiger partial charge in [0.15, 0.2) is 21.5 Å². The first kappa shape index (κ1) is 26.7. The topological polar surface area (TPSA) is 117 Å². The summed E-state index contributed by atoms with van der Waals surface area (Å²) in [4.78, 5) is 16.5. The predicted octanol–water partition coefficient (Wildman–Crippen LogP) is 4.69. The van der Waals surface area contributed by atoms with E-state index in [1.54, 1.807) is 18.3 Å². The molecule has 1 heterocycles. The predicted molar refractivity (Wildman–Crippen MR) is 136 cm³/mol. The molecule has 1 aromatic heterocycles. The van der Waals surface area contributed by atoms with Crippen LogP contribution in [-0.2, 0) is 9.84 Å². The highest BCUT2D eigenvalue weighted by Gasteiger charge is 2.59. The van der Waals surface area contributed by atoms with E-state index < -0.39 is 56.2 Å². The van der Waals surface area contributed by atoms with Crippen LogP contribution in [0.2, 0.25) is 5.02 Å². The minimum absolute atomic E-state index is 0.00331. The molecule has 1 amide bonds. The van der Waals surface area contributed by atoms with Gasteiger partial charge < -0.3 is 15.5 Å². The normalized spacial score (nSPS) is 25.7. The molecule has 3 N–H and O–H groups in total. The zero-order valence-corrected chi connectivity index (χ0v) is 21.6.